The Morgan fingerprint density at radius 2 is 1.97 bits per heavy atom. The fourth-order valence-electron chi connectivity index (χ4n) is 3.44. The third-order valence-corrected chi connectivity index (χ3v) is 7.74. The van der Waals surface area contributed by atoms with Crippen LogP contribution in [0.4, 0.5) is 0 Å². The fraction of sp³-hybridized carbons (Fsp3) is 0.526. The molecule has 1 fully saturated rings. The first-order valence-electron chi connectivity index (χ1n) is 9.57. The Balaban J connectivity index is 0.00000300. The van der Waals surface area contributed by atoms with E-state index in [2.05, 4.69) is 51.9 Å². The normalized spacial score (nSPS) is 15.9. The lowest BCUT2D eigenvalue weighted by Crippen LogP contribution is -2.44. The quantitative estimate of drug-likeness (QED) is 0.279. The Morgan fingerprint density at radius 3 is 2.69 bits per heavy atom. The number of aromatic nitrogens is 1. The number of thioether (sulfide) groups is 1. The van der Waals surface area contributed by atoms with E-state index < -0.39 is 10.0 Å². The highest BCUT2D eigenvalue weighted by molar-refractivity contribution is 14.0. The van der Waals surface area contributed by atoms with Crippen LogP contribution in [0.2, 0.25) is 0 Å². The standard InChI is InChI=1S/C19H29N5O2S2.HI/c1-15-4-3-5-17-18(15)16(14-23-17)6-7-21-19(20-2)22-8-13-28(25,26)24-9-11-27-12-10-24;/h3-5,14,23H,6-13H2,1-2H3,(H2,20,21,22);1H. The molecule has 0 bridgehead atoms. The summed E-state index contributed by atoms with van der Waals surface area (Å²) in [6.45, 7) is 4.41. The van der Waals surface area contributed by atoms with Gasteiger partial charge in [-0.2, -0.15) is 11.8 Å². The van der Waals surface area contributed by atoms with Gasteiger partial charge in [0.2, 0.25) is 10.0 Å². The highest BCUT2D eigenvalue weighted by atomic mass is 127. The van der Waals surface area contributed by atoms with Gasteiger partial charge in [-0.15, -0.1) is 24.0 Å². The molecule has 7 nitrogen and oxygen atoms in total. The van der Waals surface area contributed by atoms with E-state index in [0.29, 0.717) is 25.6 Å². The van der Waals surface area contributed by atoms with E-state index in [1.165, 1.54) is 16.5 Å². The second-order valence-corrected chi connectivity index (χ2v) is 10.1. The minimum Gasteiger partial charge on any atom is -0.361 e. The molecule has 0 unspecified atom stereocenters. The van der Waals surface area contributed by atoms with Gasteiger partial charge in [-0.3, -0.25) is 4.99 Å². The Labute approximate surface area is 194 Å². The Morgan fingerprint density at radius 1 is 1.24 bits per heavy atom. The minimum atomic E-state index is -3.20. The highest BCUT2D eigenvalue weighted by Gasteiger charge is 2.23. The van der Waals surface area contributed by atoms with Crippen LogP contribution in [-0.2, 0) is 16.4 Å². The zero-order chi connectivity index (χ0) is 20.0. The minimum absolute atomic E-state index is 0. The molecule has 2 aromatic rings. The molecule has 10 heteroatoms. The number of aromatic amines is 1. The average molecular weight is 552 g/mol. The first-order valence-corrected chi connectivity index (χ1v) is 12.3. The Bertz CT molecular complexity index is 924. The number of halogens is 1. The number of benzene rings is 1. The van der Waals surface area contributed by atoms with Crippen molar-refractivity contribution < 1.29 is 8.42 Å². The molecule has 1 saturated heterocycles. The van der Waals surface area contributed by atoms with Gasteiger partial charge >= 0.3 is 0 Å². The van der Waals surface area contributed by atoms with Crippen molar-refractivity contribution in [2.24, 2.45) is 4.99 Å². The van der Waals surface area contributed by atoms with Crippen LogP contribution in [0.25, 0.3) is 10.9 Å². The molecule has 1 aromatic carbocycles. The molecular formula is C19H30IN5O2S2. The Hall–Kier alpha value is -0.980. The summed E-state index contributed by atoms with van der Waals surface area (Å²) in [5.41, 5.74) is 3.68. The number of aryl methyl sites for hydroxylation is 1. The summed E-state index contributed by atoms with van der Waals surface area (Å²) in [5, 5.41) is 7.66. The zero-order valence-electron chi connectivity index (χ0n) is 16.9. The molecular weight excluding hydrogens is 521 g/mol. The number of nitrogens with zero attached hydrogens (tertiary/aromatic N) is 2. The van der Waals surface area contributed by atoms with Crippen LogP contribution in [0.1, 0.15) is 11.1 Å². The molecule has 0 spiro atoms. The summed E-state index contributed by atoms with van der Waals surface area (Å²) in [7, 11) is -1.51. The lowest BCUT2D eigenvalue weighted by molar-refractivity contribution is 0.443. The maximum Gasteiger partial charge on any atom is 0.215 e. The summed E-state index contributed by atoms with van der Waals surface area (Å²) in [5.74, 6) is 2.47. The first-order chi connectivity index (χ1) is 13.5. The lowest BCUT2D eigenvalue weighted by atomic mass is 10.1. The molecule has 1 aliphatic heterocycles. The molecule has 1 aliphatic rings. The number of guanidine groups is 1. The molecule has 29 heavy (non-hydrogen) atoms. The van der Waals surface area contributed by atoms with E-state index in [0.717, 1.165) is 30.0 Å². The summed E-state index contributed by atoms with van der Waals surface area (Å²) in [6, 6.07) is 6.26. The number of H-pyrrole nitrogens is 1. The van der Waals surface area contributed by atoms with Crippen molar-refractivity contribution in [3.05, 3.63) is 35.5 Å². The monoisotopic (exact) mass is 551 g/mol. The van der Waals surface area contributed by atoms with E-state index in [1.54, 1.807) is 23.1 Å². The van der Waals surface area contributed by atoms with Crippen molar-refractivity contribution in [1.82, 2.24) is 19.9 Å². The smallest absolute Gasteiger partial charge is 0.215 e. The average Bonchev–Trinajstić information content (AvgIpc) is 3.12. The second-order valence-electron chi connectivity index (χ2n) is 6.81. The summed E-state index contributed by atoms with van der Waals surface area (Å²) >= 11 is 1.80. The molecule has 0 amide bonds. The second kappa shape index (κ2) is 11.4. The largest absolute Gasteiger partial charge is 0.361 e. The van der Waals surface area contributed by atoms with Crippen molar-refractivity contribution in [3.8, 4) is 0 Å². The van der Waals surface area contributed by atoms with Crippen molar-refractivity contribution in [3.63, 3.8) is 0 Å². The van der Waals surface area contributed by atoms with Crippen LogP contribution in [0.3, 0.4) is 0 Å². The molecule has 0 atom stereocenters. The Kier molecular flexibility index (Phi) is 9.57. The van der Waals surface area contributed by atoms with Crippen LogP contribution in [-0.4, -0.2) is 74.2 Å². The highest BCUT2D eigenvalue weighted by Crippen LogP contribution is 2.22. The predicted octanol–water partition coefficient (Wildman–Crippen LogP) is 2.18. The van der Waals surface area contributed by atoms with E-state index in [-0.39, 0.29) is 29.7 Å². The lowest BCUT2D eigenvalue weighted by Gasteiger charge is -2.25. The van der Waals surface area contributed by atoms with Gasteiger partial charge < -0.3 is 15.6 Å². The van der Waals surface area contributed by atoms with Gasteiger partial charge in [0.05, 0.1) is 5.75 Å². The van der Waals surface area contributed by atoms with Gasteiger partial charge in [-0.05, 0) is 30.5 Å². The van der Waals surface area contributed by atoms with E-state index in [1.807, 2.05) is 0 Å². The predicted molar refractivity (Wildman–Crippen MR) is 134 cm³/mol. The molecule has 2 heterocycles. The summed E-state index contributed by atoms with van der Waals surface area (Å²) in [4.78, 5) is 7.51. The molecule has 0 saturated carbocycles. The summed E-state index contributed by atoms with van der Waals surface area (Å²) < 4.78 is 26.4. The molecule has 0 radical (unpaired) electrons. The van der Waals surface area contributed by atoms with Crippen molar-refractivity contribution in [2.75, 3.05) is 50.5 Å². The van der Waals surface area contributed by atoms with Gasteiger partial charge in [0.25, 0.3) is 0 Å². The summed E-state index contributed by atoms with van der Waals surface area (Å²) in [6.07, 6.45) is 2.91. The topological polar surface area (TPSA) is 89.6 Å². The maximum atomic E-state index is 12.4. The third kappa shape index (κ3) is 6.50. The first kappa shape index (κ1) is 24.3. The SMILES string of the molecule is CN=C(NCCc1c[nH]c2cccc(C)c12)NCCS(=O)(=O)N1CCSCC1.I. The van der Waals surface area contributed by atoms with Crippen LogP contribution >= 0.6 is 35.7 Å². The number of sulfonamides is 1. The van der Waals surface area contributed by atoms with Crippen LogP contribution in [0, 0.1) is 6.92 Å². The van der Waals surface area contributed by atoms with Gasteiger partial charge in [-0.25, -0.2) is 12.7 Å². The molecule has 3 rings (SSSR count). The van der Waals surface area contributed by atoms with Gasteiger partial charge in [0.1, 0.15) is 0 Å². The number of hydrogen-bond acceptors (Lipinski definition) is 4. The van der Waals surface area contributed by atoms with Crippen molar-refractivity contribution in [1.29, 1.82) is 0 Å². The van der Waals surface area contributed by atoms with Crippen LogP contribution in [0.15, 0.2) is 29.4 Å². The molecule has 3 N–H and O–H groups in total. The molecule has 162 valence electrons. The van der Waals surface area contributed by atoms with E-state index >= 15 is 0 Å². The van der Waals surface area contributed by atoms with Crippen LogP contribution < -0.4 is 10.6 Å². The number of nitrogens with one attached hydrogen (secondary N) is 3. The third-order valence-electron chi connectivity index (χ3n) is 4.92. The van der Waals surface area contributed by atoms with Crippen molar-refractivity contribution in [2.45, 2.75) is 13.3 Å². The van der Waals surface area contributed by atoms with Crippen molar-refractivity contribution >= 4 is 62.6 Å². The van der Waals surface area contributed by atoms with E-state index in [9.17, 15) is 8.42 Å². The number of hydrogen-bond donors (Lipinski definition) is 3. The number of rotatable bonds is 7. The van der Waals surface area contributed by atoms with E-state index in [4.69, 9.17) is 0 Å². The van der Waals surface area contributed by atoms with Gasteiger partial charge in [-0.1, -0.05) is 12.1 Å². The fourth-order valence-corrected chi connectivity index (χ4v) is 5.93. The van der Waals surface area contributed by atoms with Gasteiger partial charge in [0.15, 0.2) is 5.96 Å². The maximum absolute atomic E-state index is 12.4. The molecule has 1 aromatic heterocycles. The van der Waals surface area contributed by atoms with Crippen LogP contribution in [0.5, 0.6) is 0 Å². The number of fused-ring (bicyclic) bond motifs is 1. The molecule has 0 aliphatic carbocycles. The van der Waals surface area contributed by atoms with Gasteiger partial charge in [0, 0.05) is 61.8 Å². The number of aliphatic imine (C=N–C) groups is 1. The zero-order valence-corrected chi connectivity index (χ0v) is 20.9.